The third-order valence-corrected chi connectivity index (χ3v) is 4.97. The van der Waals surface area contributed by atoms with Crippen LogP contribution in [0.25, 0.3) is 0 Å². The van der Waals surface area contributed by atoms with E-state index in [2.05, 4.69) is 32.9 Å². The number of aliphatic hydroxyl groups is 1. The molecule has 0 aliphatic heterocycles. The summed E-state index contributed by atoms with van der Waals surface area (Å²) in [5.41, 5.74) is 2.37. The van der Waals surface area contributed by atoms with Crippen LogP contribution < -0.4 is 0 Å². The molecule has 19 heavy (non-hydrogen) atoms. The van der Waals surface area contributed by atoms with E-state index in [-0.39, 0.29) is 6.10 Å². The molecule has 3 unspecified atom stereocenters. The minimum atomic E-state index is -0.160. The quantitative estimate of drug-likeness (QED) is 0.856. The van der Waals surface area contributed by atoms with Crippen molar-refractivity contribution in [3.63, 3.8) is 0 Å². The molecule has 1 nitrogen and oxygen atoms in total. The Hall–Kier alpha value is -0.530. The largest absolute Gasteiger partial charge is 0.393 e. The fourth-order valence-electron chi connectivity index (χ4n) is 3.21. The predicted molar refractivity (Wildman–Crippen MR) is 81.6 cm³/mol. The molecule has 0 radical (unpaired) electrons. The molecule has 0 heterocycles. The predicted octanol–water partition coefficient (Wildman–Crippen LogP) is 4.62. The van der Waals surface area contributed by atoms with E-state index < -0.39 is 0 Å². The molecule has 0 spiro atoms. The molecule has 2 heteroatoms. The Morgan fingerprint density at radius 1 is 1.32 bits per heavy atom. The van der Waals surface area contributed by atoms with Crippen molar-refractivity contribution in [2.24, 2.45) is 17.8 Å². The van der Waals surface area contributed by atoms with Gasteiger partial charge in [-0.1, -0.05) is 37.6 Å². The number of aryl methyl sites for hydroxylation is 1. The molecule has 106 valence electrons. The topological polar surface area (TPSA) is 20.2 Å². The standard InChI is InChI=1S/C17H25ClO/c1-11(2)13-6-7-17(19)15(9-13)10-14-5-4-12(3)8-16(14)18/h4-5,8,11,13,15,17,19H,6-7,9-10H2,1-3H3. The van der Waals surface area contributed by atoms with Gasteiger partial charge in [0.1, 0.15) is 0 Å². The highest BCUT2D eigenvalue weighted by molar-refractivity contribution is 6.31. The third-order valence-electron chi connectivity index (χ3n) is 4.62. The van der Waals surface area contributed by atoms with E-state index in [0.717, 1.165) is 36.6 Å². The van der Waals surface area contributed by atoms with Gasteiger partial charge in [-0.05, 0) is 67.6 Å². The monoisotopic (exact) mass is 280 g/mol. The van der Waals surface area contributed by atoms with Crippen molar-refractivity contribution in [1.29, 1.82) is 0 Å². The van der Waals surface area contributed by atoms with Crippen molar-refractivity contribution >= 4 is 11.6 Å². The van der Waals surface area contributed by atoms with Crippen molar-refractivity contribution in [1.82, 2.24) is 0 Å². The highest BCUT2D eigenvalue weighted by Crippen LogP contribution is 2.36. The van der Waals surface area contributed by atoms with Gasteiger partial charge in [-0.3, -0.25) is 0 Å². The average Bonchev–Trinajstić information content (AvgIpc) is 2.34. The van der Waals surface area contributed by atoms with E-state index in [9.17, 15) is 5.11 Å². The van der Waals surface area contributed by atoms with E-state index in [1.807, 2.05) is 6.07 Å². The molecule has 0 saturated heterocycles. The average molecular weight is 281 g/mol. The van der Waals surface area contributed by atoms with Crippen LogP contribution in [0.3, 0.4) is 0 Å². The third kappa shape index (κ3) is 3.73. The molecule has 1 aromatic rings. The van der Waals surface area contributed by atoms with E-state index >= 15 is 0 Å². The van der Waals surface area contributed by atoms with Gasteiger partial charge < -0.3 is 5.11 Å². The summed E-state index contributed by atoms with van der Waals surface area (Å²) in [5, 5.41) is 11.1. The molecule has 1 aliphatic rings. The molecule has 1 aliphatic carbocycles. The van der Waals surface area contributed by atoms with E-state index in [1.165, 1.54) is 11.1 Å². The van der Waals surface area contributed by atoms with Crippen molar-refractivity contribution in [2.45, 2.75) is 52.6 Å². The van der Waals surface area contributed by atoms with Crippen molar-refractivity contribution in [2.75, 3.05) is 0 Å². The first-order valence-electron chi connectivity index (χ1n) is 7.40. The maximum atomic E-state index is 10.2. The van der Waals surface area contributed by atoms with Gasteiger partial charge in [0.15, 0.2) is 0 Å². The lowest BCUT2D eigenvalue weighted by Gasteiger charge is -2.35. The van der Waals surface area contributed by atoms with Crippen LogP contribution in [0.5, 0.6) is 0 Å². The number of aliphatic hydroxyl groups excluding tert-OH is 1. The fraction of sp³-hybridized carbons (Fsp3) is 0.647. The molecular formula is C17H25ClO. The molecule has 0 bridgehead atoms. The lowest BCUT2D eigenvalue weighted by molar-refractivity contribution is 0.0379. The van der Waals surface area contributed by atoms with E-state index in [1.54, 1.807) is 0 Å². The summed E-state index contributed by atoms with van der Waals surface area (Å²) >= 11 is 6.31. The minimum Gasteiger partial charge on any atom is -0.393 e. The number of hydrogen-bond acceptors (Lipinski definition) is 1. The van der Waals surface area contributed by atoms with Crippen molar-refractivity contribution in [3.05, 3.63) is 34.3 Å². The summed E-state index contributed by atoms with van der Waals surface area (Å²) in [4.78, 5) is 0. The van der Waals surface area contributed by atoms with Crippen LogP contribution in [-0.4, -0.2) is 11.2 Å². The Kier molecular flexibility index (Phi) is 4.92. The Bertz CT molecular complexity index is 427. The smallest absolute Gasteiger partial charge is 0.0571 e. The lowest BCUT2D eigenvalue weighted by atomic mass is 9.73. The fourth-order valence-corrected chi connectivity index (χ4v) is 3.52. The number of hydrogen-bond donors (Lipinski definition) is 1. The first-order valence-corrected chi connectivity index (χ1v) is 7.78. The highest BCUT2D eigenvalue weighted by Gasteiger charge is 2.30. The molecule has 1 N–H and O–H groups in total. The Morgan fingerprint density at radius 3 is 2.68 bits per heavy atom. The van der Waals surface area contributed by atoms with Gasteiger partial charge in [0.05, 0.1) is 6.10 Å². The van der Waals surface area contributed by atoms with Crippen LogP contribution in [0.2, 0.25) is 5.02 Å². The zero-order chi connectivity index (χ0) is 14.0. The van der Waals surface area contributed by atoms with E-state index in [0.29, 0.717) is 11.8 Å². The normalized spacial score (nSPS) is 27.8. The molecule has 0 amide bonds. The van der Waals surface area contributed by atoms with Crippen LogP contribution in [0.15, 0.2) is 18.2 Å². The van der Waals surface area contributed by atoms with Crippen LogP contribution in [0, 0.1) is 24.7 Å². The summed E-state index contributed by atoms with van der Waals surface area (Å²) in [6.07, 6.45) is 3.98. The lowest BCUT2D eigenvalue weighted by Crippen LogP contribution is -2.32. The maximum Gasteiger partial charge on any atom is 0.0571 e. The van der Waals surface area contributed by atoms with Gasteiger partial charge in [0.25, 0.3) is 0 Å². The van der Waals surface area contributed by atoms with Gasteiger partial charge in [0.2, 0.25) is 0 Å². The summed E-state index contributed by atoms with van der Waals surface area (Å²) < 4.78 is 0. The Balaban J connectivity index is 2.07. The second-order valence-corrected chi connectivity index (χ2v) is 6.85. The molecular weight excluding hydrogens is 256 g/mol. The van der Waals surface area contributed by atoms with Gasteiger partial charge in [-0.25, -0.2) is 0 Å². The second-order valence-electron chi connectivity index (χ2n) is 6.44. The molecule has 2 rings (SSSR count). The Morgan fingerprint density at radius 2 is 2.05 bits per heavy atom. The Labute approximate surface area is 122 Å². The van der Waals surface area contributed by atoms with Crippen LogP contribution in [-0.2, 0) is 6.42 Å². The van der Waals surface area contributed by atoms with Crippen LogP contribution in [0.1, 0.15) is 44.2 Å². The highest BCUT2D eigenvalue weighted by atomic mass is 35.5. The van der Waals surface area contributed by atoms with Gasteiger partial charge in [-0.2, -0.15) is 0 Å². The van der Waals surface area contributed by atoms with Crippen LogP contribution >= 0.6 is 11.6 Å². The van der Waals surface area contributed by atoms with E-state index in [4.69, 9.17) is 11.6 Å². The second kappa shape index (κ2) is 6.28. The molecule has 1 aromatic carbocycles. The molecule has 3 atom stereocenters. The van der Waals surface area contributed by atoms with Crippen molar-refractivity contribution in [3.8, 4) is 0 Å². The summed E-state index contributed by atoms with van der Waals surface area (Å²) in [5.74, 6) is 1.82. The molecule has 0 aromatic heterocycles. The SMILES string of the molecule is Cc1ccc(CC2CC(C(C)C)CCC2O)c(Cl)c1. The summed E-state index contributed by atoms with van der Waals surface area (Å²) in [6.45, 7) is 6.64. The summed E-state index contributed by atoms with van der Waals surface area (Å²) in [6, 6.07) is 6.24. The number of halogens is 1. The molecule has 1 saturated carbocycles. The first kappa shape index (κ1) is 14.9. The van der Waals surface area contributed by atoms with Crippen LogP contribution in [0.4, 0.5) is 0 Å². The summed E-state index contributed by atoms with van der Waals surface area (Å²) in [7, 11) is 0. The number of benzene rings is 1. The minimum absolute atomic E-state index is 0.160. The maximum absolute atomic E-state index is 10.2. The molecule has 1 fully saturated rings. The van der Waals surface area contributed by atoms with Crippen molar-refractivity contribution < 1.29 is 5.11 Å². The van der Waals surface area contributed by atoms with Gasteiger partial charge >= 0.3 is 0 Å². The first-order chi connectivity index (χ1) is 8.97. The zero-order valence-electron chi connectivity index (χ0n) is 12.2. The van der Waals surface area contributed by atoms with Gasteiger partial charge in [0, 0.05) is 5.02 Å². The zero-order valence-corrected chi connectivity index (χ0v) is 13.0. The number of rotatable bonds is 3. The van der Waals surface area contributed by atoms with Gasteiger partial charge in [-0.15, -0.1) is 0 Å².